The first-order valence-corrected chi connectivity index (χ1v) is 8.40. The lowest BCUT2D eigenvalue weighted by Gasteiger charge is -2.03. The number of aryl methyl sites for hydroxylation is 1. The van der Waals surface area contributed by atoms with Gasteiger partial charge in [-0.15, -0.1) is 0 Å². The van der Waals surface area contributed by atoms with Crippen LogP contribution in [-0.4, -0.2) is 22.2 Å². The van der Waals surface area contributed by atoms with Gasteiger partial charge in [0.2, 0.25) is 0 Å². The number of phenolic OH excluding ortho intramolecular Hbond substituents is 1. The van der Waals surface area contributed by atoms with Crippen LogP contribution in [0.3, 0.4) is 0 Å². The Morgan fingerprint density at radius 2 is 2.04 bits per heavy atom. The number of rotatable bonds is 5. The molecule has 0 unspecified atom stereocenters. The van der Waals surface area contributed by atoms with Crippen molar-refractivity contribution in [3.63, 3.8) is 0 Å². The zero-order valence-corrected chi connectivity index (χ0v) is 15.3. The van der Waals surface area contributed by atoms with Crippen LogP contribution in [-0.2, 0) is 0 Å². The lowest BCUT2D eigenvalue weighted by atomic mass is 10.1. The normalized spacial score (nSPS) is 10.9. The van der Waals surface area contributed by atoms with Crippen molar-refractivity contribution >= 4 is 29.4 Å². The molecular weight excluding hydrogens is 386 g/mol. The molecule has 0 aliphatic carbocycles. The minimum absolute atomic E-state index is 0.263. The molecule has 1 aromatic heterocycles. The number of aromatic hydroxyl groups is 1. The molecule has 2 N–H and O–H groups in total. The summed E-state index contributed by atoms with van der Waals surface area (Å²) in [4.78, 5) is 22.2. The largest absolute Gasteiger partial charge is 0.507 e. The Balaban J connectivity index is 1.73. The first-order valence-electron chi connectivity index (χ1n) is 8.02. The summed E-state index contributed by atoms with van der Waals surface area (Å²) in [6, 6.07) is 12.0. The maximum atomic E-state index is 12.1. The average molecular weight is 400 g/mol. The second-order valence-corrected chi connectivity index (χ2v) is 6.26. The van der Waals surface area contributed by atoms with E-state index in [0.29, 0.717) is 16.5 Å². The van der Waals surface area contributed by atoms with Crippen LogP contribution in [0.4, 0.5) is 5.69 Å². The van der Waals surface area contributed by atoms with E-state index in [4.69, 9.17) is 16.0 Å². The fourth-order valence-electron chi connectivity index (χ4n) is 2.46. The summed E-state index contributed by atoms with van der Waals surface area (Å²) < 4.78 is 5.67. The Morgan fingerprint density at radius 3 is 2.79 bits per heavy atom. The molecule has 3 rings (SSSR count). The lowest BCUT2D eigenvalue weighted by molar-refractivity contribution is -0.384. The van der Waals surface area contributed by atoms with Crippen molar-refractivity contribution in [3.05, 3.63) is 80.6 Å². The standard InChI is InChI=1S/C19H14ClN3O5/c1-11-2-3-12(20)8-15(11)18-7-5-14(28-18)10-21-22-19(25)16-9-13(23(26)27)4-6-17(16)24/h2-10,24H,1H3,(H,22,25). The Bertz CT molecular complexity index is 1090. The average Bonchev–Trinajstić information content (AvgIpc) is 3.12. The molecule has 0 bridgehead atoms. The summed E-state index contributed by atoms with van der Waals surface area (Å²) in [5.74, 6) is -0.230. The number of non-ortho nitro benzene ring substituents is 1. The summed E-state index contributed by atoms with van der Waals surface area (Å²) >= 11 is 6.02. The Labute approximate surface area is 164 Å². The fraction of sp³-hybridized carbons (Fsp3) is 0.0526. The van der Waals surface area contributed by atoms with Gasteiger partial charge >= 0.3 is 0 Å². The first kappa shape index (κ1) is 19.1. The molecule has 28 heavy (non-hydrogen) atoms. The SMILES string of the molecule is Cc1ccc(Cl)cc1-c1ccc(C=NNC(=O)c2cc([N+](=O)[O-])ccc2O)o1. The molecule has 0 aliphatic heterocycles. The number of carbonyl (C=O) groups is 1. The van der Waals surface area contributed by atoms with Crippen LogP contribution in [0.1, 0.15) is 21.7 Å². The van der Waals surface area contributed by atoms with Gasteiger partial charge in [-0.3, -0.25) is 14.9 Å². The Hall–Kier alpha value is -3.65. The van der Waals surface area contributed by atoms with Gasteiger partial charge in [0.15, 0.2) is 0 Å². The topological polar surface area (TPSA) is 118 Å². The van der Waals surface area contributed by atoms with Gasteiger partial charge in [0.1, 0.15) is 17.3 Å². The van der Waals surface area contributed by atoms with E-state index in [1.165, 1.54) is 6.21 Å². The number of hydrogen-bond donors (Lipinski definition) is 2. The summed E-state index contributed by atoms with van der Waals surface area (Å²) in [6.45, 7) is 1.92. The third kappa shape index (κ3) is 4.18. The number of furan rings is 1. The van der Waals surface area contributed by atoms with Gasteiger partial charge in [-0.1, -0.05) is 17.7 Å². The third-order valence-electron chi connectivity index (χ3n) is 3.89. The number of hydrazone groups is 1. The third-order valence-corrected chi connectivity index (χ3v) is 4.12. The molecule has 0 aliphatic rings. The molecule has 8 nitrogen and oxygen atoms in total. The number of nitrogens with zero attached hydrogens (tertiary/aromatic N) is 2. The first-order chi connectivity index (χ1) is 13.3. The number of hydrogen-bond acceptors (Lipinski definition) is 6. The van der Waals surface area contributed by atoms with Crippen molar-refractivity contribution in [2.75, 3.05) is 0 Å². The lowest BCUT2D eigenvalue weighted by Crippen LogP contribution is -2.17. The number of nitro benzene ring substituents is 1. The summed E-state index contributed by atoms with van der Waals surface area (Å²) in [5, 5.41) is 24.8. The van der Waals surface area contributed by atoms with Gasteiger partial charge in [0.05, 0.1) is 16.7 Å². The van der Waals surface area contributed by atoms with Crippen LogP contribution in [0.5, 0.6) is 5.75 Å². The van der Waals surface area contributed by atoms with Gasteiger partial charge in [-0.2, -0.15) is 5.10 Å². The number of carbonyl (C=O) groups excluding carboxylic acids is 1. The molecule has 2 aromatic carbocycles. The van der Waals surface area contributed by atoms with Gasteiger partial charge in [0.25, 0.3) is 11.6 Å². The zero-order valence-electron chi connectivity index (χ0n) is 14.5. The van der Waals surface area contributed by atoms with Gasteiger partial charge in [-0.25, -0.2) is 5.43 Å². The van der Waals surface area contributed by atoms with Crippen molar-refractivity contribution in [1.82, 2.24) is 5.43 Å². The van der Waals surface area contributed by atoms with E-state index < -0.39 is 16.6 Å². The van der Waals surface area contributed by atoms with Crippen LogP contribution in [0.2, 0.25) is 5.02 Å². The zero-order chi connectivity index (χ0) is 20.3. The molecule has 0 spiro atoms. The van der Waals surface area contributed by atoms with Gasteiger partial charge in [-0.05, 0) is 42.8 Å². The highest BCUT2D eigenvalue weighted by Crippen LogP contribution is 2.28. The summed E-state index contributed by atoms with van der Waals surface area (Å²) in [7, 11) is 0. The Kier molecular flexibility index (Phi) is 5.42. The quantitative estimate of drug-likeness (QED) is 0.377. The predicted octanol–water partition coefficient (Wildman–Crippen LogP) is 4.29. The Morgan fingerprint density at radius 1 is 1.25 bits per heavy atom. The van der Waals surface area contributed by atoms with E-state index in [1.54, 1.807) is 24.3 Å². The van der Waals surface area contributed by atoms with Crippen LogP contribution < -0.4 is 5.43 Å². The van der Waals surface area contributed by atoms with Crippen LogP contribution in [0, 0.1) is 17.0 Å². The minimum Gasteiger partial charge on any atom is -0.507 e. The molecule has 0 atom stereocenters. The molecular formula is C19H14ClN3O5. The van der Waals surface area contributed by atoms with Crippen molar-refractivity contribution in [2.24, 2.45) is 5.10 Å². The fourth-order valence-corrected chi connectivity index (χ4v) is 2.63. The van der Waals surface area contributed by atoms with Crippen molar-refractivity contribution < 1.29 is 19.2 Å². The summed E-state index contributed by atoms with van der Waals surface area (Å²) in [6.07, 6.45) is 1.27. The molecule has 3 aromatic rings. The maximum absolute atomic E-state index is 12.1. The van der Waals surface area contributed by atoms with Crippen molar-refractivity contribution in [2.45, 2.75) is 6.92 Å². The molecule has 0 radical (unpaired) electrons. The molecule has 1 heterocycles. The molecule has 0 saturated carbocycles. The highest BCUT2D eigenvalue weighted by molar-refractivity contribution is 6.30. The van der Waals surface area contributed by atoms with Crippen molar-refractivity contribution in [3.8, 4) is 17.1 Å². The second-order valence-electron chi connectivity index (χ2n) is 5.82. The van der Waals surface area contributed by atoms with E-state index in [-0.39, 0.29) is 11.3 Å². The van der Waals surface area contributed by atoms with Gasteiger partial charge < -0.3 is 9.52 Å². The number of phenols is 1. The van der Waals surface area contributed by atoms with Crippen LogP contribution in [0.15, 0.2) is 58.0 Å². The number of amides is 1. The number of nitrogens with one attached hydrogen (secondary N) is 1. The van der Waals surface area contributed by atoms with E-state index in [2.05, 4.69) is 10.5 Å². The molecule has 0 fully saturated rings. The van der Waals surface area contributed by atoms with E-state index in [0.717, 1.165) is 29.3 Å². The number of nitro groups is 1. The highest BCUT2D eigenvalue weighted by atomic mass is 35.5. The molecule has 9 heteroatoms. The predicted molar refractivity (Wildman–Crippen MR) is 104 cm³/mol. The van der Waals surface area contributed by atoms with Crippen LogP contribution >= 0.6 is 11.6 Å². The van der Waals surface area contributed by atoms with Crippen LogP contribution in [0.25, 0.3) is 11.3 Å². The number of benzene rings is 2. The second kappa shape index (κ2) is 7.93. The van der Waals surface area contributed by atoms with E-state index in [9.17, 15) is 20.0 Å². The smallest absolute Gasteiger partial charge is 0.275 e. The monoisotopic (exact) mass is 399 g/mol. The minimum atomic E-state index is -0.796. The van der Waals surface area contributed by atoms with Crippen molar-refractivity contribution in [1.29, 1.82) is 0 Å². The van der Waals surface area contributed by atoms with E-state index in [1.807, 2.05) is 13.0 Å². The van der Waals surface area contributed by atoms with Gasteiger partial charge in [0, 0.05) is 22.7 Å². The summed E-state index contributed by atoms with van der Waals surface area (Å²) in [5.41, 5.74) is 3.42. The number of halogens is 1. The van der Waals surface area contributed by atoms with E-state index >= 15 is 0 Å². The highest BCUT2D eigenvalue weighted by Gasteiger charge is 2.16. The molecule has 142 valence electrons. The molecule has 0 saturated heterocycles. The maximum Gasteiger partial charge on any atom is 0.275 e. The molecule has 1 amide bonds.